The van der Waals surface area contributed by atoms with E-state index in [9.17, 15) is 9.59 Å². The molecule has 0 radical (unpaired) electrons. The van der Waals surface area contributed by atoms with Gasteiger partial charge in [-0.15, -0.1) is 0 Å². The van der Waals surface area contributed by atoms with Crippen molar-refractivity contribution >= 4 is 16.8 Å². The van der Waals surface area contributed by atoms with E-state index < -0.39 is 0 Å². The van der Waals surface area contributed by atoms with Gasteiger partial charge in [-0.1, -0.05) is 19.8 Å². The van der Waals surface area contributed by atoms with Crippen LogP contribution in [0.4, 0.5) is 0 Å². The fourth-order valence-electron chi connectivity index (χ4n) is 4.99. The largest absolute Gasteiger partial charge is 0.350 e. The van der Waals surface area contributed by atoms with Crippen molar-refractivity contribution in [2.24, 2.45) is 5.92 Å². The molecule has 1 aromatic heterocycles. The lowest BCUT2D eigenvalue weighted by Crippen LogP contribution is -2.54. The van der Waals surface area contributed by atoms with Crippen LogP contribution >= 0.6 is 0 Å². The minimum Gasteiger partial charge on any atom is -0.350 e. The van der Waals surface area contributed by atoms with Crippen LogP contribution in [0, 0.1) is 5.92 Å². The first kappa shape index (κ1) is 22.0. The first-order valence-corrected chi connectivity index (χ1v) is 11.9. The van der Waals surface area contributed by atoms with E-state index in [2.05, 4.69) is 31.0 Å². The fraction of sp³-hybridized carbons (Fsp3) is 0.640. The second-order valence-corrected chi connectivity index (χ2v) is 10.1. The molecule has 1 unspecified atom stereocenters. The molecule has 2 aliphatic heterocycles. The molecule has 2 aromatic rings. The monoisotopic (exact) mass is 424 g/mol. The smallest absolute Gasteiger partial charge is 0.261 e. The van der Waals surface area contributed by atoms with E-state index in [1.54, 1.807) is 18.2 Å². The van der Waals surface area contributed by atoms with E-state index in [-0.39, 0.29) is 17.0 Å². The summed E-state index contributed by atoms with van der Waals surface area (Å²) < 4.78 is 1.84. The molecule has 0 spiro atoms. The van der Waals surface area contributed by atoms with Crippen LogP contribution in [0.5, 0.6) is 0 Å². The number of fused-ring (bicyclic) bond motifs is 2. The molecule has 6 heteroatoms. The van der Waals surface area contributed by atoms with E-state index in [1.165, 1.54) is 19.3 Å². The molecule has 4 rings (SSSR count). The highest BCUT2D eigenvalue weighted by Gasteiger charge is 2.30. The Balaban J connectivity index is 1.52. The van der Waals surface area contributed by atoms with Crippen molar-refractivity contribution in [1.82, 2.24) is 19.8 Å². The third kappa shape index (κ3) is 4.84. The number of hydrogen-bond donors (Lipinski definition) is 1. The number of aromatic nitrogens is 2. The highest BCUT2D eigenvalue weighted by molar-refractivity contribution is 5.97. The summed E-state index contributed by atoms with van der Waals surface area (Å²) in [6.07, 6.45) is 7.75. The van der Waals surface area contributed by atoms with Crippen molar-refractivity contribution in [3.8, 4) is 0 Å². The summed E-state index contributed by atoms with van der Waals surface area (Å²) in [5.74, 6) is 1.46. The Labute approximate surface area is 185 Å². The number of carbonyl (C=O) groups excluding carboxylic acids is 1. The number of rotatable bonds is 4. The van der Waals surface area contributed by atoms with Crippen LogP contribution in [0.15, 0.2) is 23.0 Å². The van der Waals surface area contributed by atoms with Crippen LogP contribution in [0.1, 0.15) is 75.5 Å². The van der Waals surface area contributed by atoms with Crippen molar-refractivity contribution < 1.29 is 4.79 Å². The van der Waals surface area contributed by atoms with Crippen molar-refractivity contribution in [2.45, 2.75) is 77.8 Å². The number of hydrogen-bond acceptors (Lipinski definition) is 4. The standard InChI is InChI=1S/C25H36N4O2/c1-18-9-8-13-28(16-18)25(2,3)17-26-23(30)19-11-12-20-21(15-19)27-22-10-6-4-5-7-14-29(22)24(20)31/h11-12,15,18H,4-10,13-14,16-17H2,1-3H3,(H,26,30). The topological polar surface area (TPSA) is 67.2 Å². The molecule has 0 aliphatic carbocycles. The molecule has 2 aliphatic rings. The quantitative estimate of drug-likeness (QED) is 0.812. The van der Waals surface area contributed by atoms with Crippen molar-refractivity contribution in [3.63, 3.8) is 0 Å². The molecule has 1 aromatic carbocycles. The average molecular weight is 425 g/mol. The number of benzene rings is 1. The predicted molar refractivity (Wildman–Crippen MR) is 125 cm³/mol. The normalized spacial score (nSPS) is 20.7. The number of aryl methyl sites for hydroxylation is 1. The highest BCUT2D eigenvalue weighted by atomic mass is 16.1. The molecular formula is C25H36N4O2. The molecule has 6 nitrogen and oxygen atoms in total. The van der Waals surface area contributed by atoms with E-state index in [4.69, 9.17) is 4.98 Å². The van der Waals surface area contributed by atoms with Crippen molar-refractivity contribution in [1.29, 1.82) is 0 Å². The Kier molecular flexibility index (Phi) is 6.47. The van der Waals surface area contributed by atoms with Crippen molar-refractivity contribution in [3.05, 3.63) is 39.9 Å². The van der Waals surface area contributed by atoms with E-state index in [0.29, 0.717) is 28.9 Å². The van der Waals surface area contributed by atoms with Crippen LogP contribution < -0.4 is 10.9 Å². The van der Waals surface area contributed by atoms with Gasteiger partial charge in [0.15, 0.2) is 0 Å². The third-order valence-corrected chi connectivity index (χ3v) is 7.02. The molecule has 1 saturated heterocycles. The Bertz CT molecular complexity index is 1010. The lowest BCUT2D eigenvalue weighted by atomic mass is 9.93. The second kappa shape index (κ2) is 9.11. The number of nitrogens with one attached hydrogen (secondary N) is 1. The Morgan fingerprint density at radius 3 is 2.77 bits per heavy atom. The Morgan fingerprint density at radius 2 is 1.97 bits per heavy atom. The summed E-state index contributed by atoms with van der Waals surface area (Å²) in [6.45, 7) is 10.2. The second-order valence-electron chi connectivity index (χ2n) is 10.1. The average Bonchev–Trinajstić information content (AvgIpc) is 2.73. The SMILES string of the molecule is CC1CCCN(C(C)(C)CNC(=O)c2ccc3c(=O)n4c(nc3c2)CCCCCC4)C1. The van der Waals surface area contributed by atoms with Gasteiger partial charge in [-0.05, 0) is 70.2 Å². The first-order valence-electron chi connectivity index (χ1n) is 11.9. The summed E-state index contributed by atoms with van der Waals surface area (Å²) in [5.41, 5.74) is 1.13. The molecule has 3 heterocycles. The van der Waals surface area contributed by atoms with Crippen LogP contribution in [0.25, 0.3) is 10.9 Å². The zero-order valence-electron chi connectivity index (χ0n) is 19.2. The summed E-state index contributed by atoms with van der Waals surface area (Å²) in [4.78, 5) is 33.2. The minimum absolute atomic E-state index is 0.0224. The van der Waals surface area contributed by atoms with Gasteiger partial charge in [0.25, 0.3) is 11.5 Å². The number of carbonyl (C=O) groups is 1. The maximum Gasteiger partial charge on any atom is 0.261 e. The van der Waals surface area contributed by atoms with Gasteiger partial charge in [-0.25, -0.2) is 4.98 Å². The molecule has 1 fully saturated rings. The van der Waals surface area contributed by atoms with Gasteiger partial charge in [-0.3, -0.25) is 19.1 Å². The van der Waals surface area contributed by atoms with Crippen molar-refractivity contribution in [2.75, 3.05) is 19.6 Å². The maximum absolute atomic E-state index is 13.0. The van der Waals surface area contributed by atoms with E-state index in [1.807, 2.05) is 4.57 Å². The fourth-order valence-corrected chi connectivity index (χ4v) is 4.99. The van der Waals surface area contributed by atoms with Crippen LogP contribution in [0.3, 0.4) is 0 Å². The number of piperidine rings is 1. The zero-order valence-corrected chi connectivity index (χ0v) is 19.2. The predicted octanol–water partition coefficient (Wildman–Crippen LogP) is 3.75. The van der Waals surface area contributed by atoms with Crippen LogP contribution in [-0.2, 0) is 13.0 Å². The molecule has 1 atom stereocenters. The van der Waals surface area contributed by atoms with Gasteiger partial charge in [0.2, 0.25) is 0 Å². The summed E-state index contributed by atoms with van der Waals surface area (Å²) in [5, 5.41) is 3.72. The Morgan fingerprint density at radius 1 is 1.16 bits per heavy atom. The van der Waals surface area contributed by atoms with Gasteiger partial charge in [-0.2, -0.15) is 0 Å². The Hall–Kier alpha value is -2.21. The van der Waals surface area contributed by atoms with Gasteiger partial charge >= 0.3 is 0 Å². The van der Waals surface area contributed by atoms with Gasteiger partial charge < -0.3 is 5.32 Å². The van der Waals surface area contributed by atoms with Gasteiger partial charge in [0.1, 0.15) is 5.82 Å². The van der Waals surface area contributed by atoms with E-state index in [0.717, 1.165) is 51.1 Å². The molecule has 168 valence electrons. The maximum atomic E-state index is 13.0. The first-order chi connectivity index (χ1) is 14.8. The number of nitrogens with zero attached hydrogens (tertiary/aromatic N) is 3. The molecule has 0 saturated carbocycles. The third-order valence-electron chi connectivity index (χ3n) is 7.02. The lowest BCUT2D eigenvalue weighted by Gasteiger charge is -2.43. The summed E-state index contributed by atoms with van der Waals surface area (Å²) >= 11 is 0. The molecular weight excluding hydrogens is 388 g/mol. The van der Waals surface area contributed by atoms with Crippen LogP contribution in [0.2, 0.25) is 0 Å². The summed E-state index contributed by atoms with van der Waals surface area (Å²) in [7, 11) is 0. The molecule has 1 amide bonds. The molecule has 1 N–H and O–H groups in total. The lowest BCUT2D eigenvalue weighted by molar-refractivity contribution is 0.0657. The number of likely N-dealkylation sites (tertiary alicyclic amines) is 1. The summed E-state index contributed by atoms with van der Waals surface area (Å²) in [6, 6.07) is 5.30. The zero-order chi connectivity index (χ0) is 22.0. The van der Waals surface area contributed by atoms with Gasteiger partial charge in [0.05, 0.1) is 10.9 Å². The minimum atomic E-state index is -0.103. The number of amides is 1. The van der Waals surface area contributed by atoms with Crippen LogP contribution in [-0.4, -0.2) is 45.5 Å². The van der Waals surface area contributed by atoms with E-state index >= 15 is 0 Å². The molecule has 0 bridgehead atoms. The highest BCUT2D eigenvalue weighted by Crippen LogP contribution is 2.23. The van der Waals surface area contributed by atoms with Gasteiger partial charge in [0, 0.05) is 37.2 Å². The molecule has 31 heavy (non-hydrogen) atoms.